The first-order valence-corrected chi connectivity index (χ1v) is 9.46. The Morgan fingerprint density at radius 1 is 1.10 bits per heavy atom. The molecule has 0 aliphatic heterocycles. The molecule has 0 saturated carbocycles. The predicted octanol–water partition coefficient (Wildman–Crippen LogP) is 3.27. The first kappa shape index (κ1) is 20.3. The van der Waals surface area contributed by atoms with Gasteiger partial charge >= 0.3 is 0 Å². The molecule has 0 radical (unpaired) electrons. The number of aromatic nitrogens is 3. The number of amides is 2. The molecule has 0 bridgehead atoms. The van der Waals surface area contributed by atoms with Crippen LogP contribution in [0.3, 0.4) is 0 Å². The van der Waals surface area contributed by atoms with Gasteiger partial charge in [-0.15, -0.1) is 0 Å². The smallest absolute Gasteiger partial charge is 0.259 e. The number of hydrogen-bond donors (Lipinski definition) is 1. The SMILES string of the molecule is CC(C)c1c(C(=O)Nc2ccc(CC(=O)N(C)C)cc2)cnn1-c1ccccn1. The van der Waals surface area contributed by atoms with Crippen LogP contribution in [0, 0.1) is 0 Å². The fourth-order valence-corrected chi connectivity index (χ4v) is 2.99. The van der Waals surface area contributed by atoms with Gasteiger partial charge in [0, 0.05) is 26.0 Å². The molecular weight excluding hydrogens is 366 g/mol. The van der Waals surface area contributed by atoms with Crippen molar-refractivity contribution in [2.45, 2.75) is 26.2 Å². The monoisotopic (exact) mass is 391 g/mol. The summed E-state index contributed by atoms with van der Waals surface area (Å²) in [4.78, 5) is 30.6. The summed E-state index contributed by atoms with van der Waals surface area (Å²) >= 11 is 0. The Kier molecular flexibility index (Phi) is 6.07. The summed E-state index contributed by atoms with van der Waals surface area (Å²) in [6.07, 6.45) is 3.60. The van der Waals surface area contributed by atoms with Gasteiger partial charge in [-0.05, 0) is 35.7 Å². The quantitative estimate of drug-likeness (QED) is 0.699. The van der Waals surface area contributed by atoms with Crippen LogP contribution in [0.1, 0.15) is 41.4 Å². The minimum Gasteiger partial charge on any atom is -0.349 e. The van der Waals surface area contributed by atoms with Crippen molar-refractivity contribution < 1.29 is 9.59 Å². The van der Waals surface area contributed by atoms with Crippen LogP contribution in [0.15, 0.2) is 54.9 Å². The lowest BCUT2D eigenvalue weighted by Gasteiger charge is -2.13. The van der Waals surface area contributed by atoms with Crippen LogP contribution in [-0.2, 0) is 11.2 Å². The van der Waals surface area contributed by atoms with E-state index in [4.69, 9.17) is 0 Å². The van der Waals surface area contributed by atoms with Crippen molar-refractivity contribution in [2.24, 2.45) is 0 Å². The van der Waals surface area contributed by atoms with Crippen LogP contribution in [-0.4, -0.2) is 45.6 Å². The topological polar surface area (TPSA) is 80.1 Å². The summed E-state index contributed by atoms with van der Waals surface area (Å²) in [5.41, 5.74) is 2.87. The maximum Gasteiger partial charge on any atom is 0.259 e. The molecule has 150 valence electrons. The highest BCUT2D eigenvalue weighted by molar-refractivity contribution is 6.05. The Morgan fingerprint density at radius 2 is 1.83 bits per heavy atom. The van der Waals surface area contributed by atoms with Crippen LogP contribution in [0.25, 0.3) is 5.82 Å². The highest BCUT2D eigenvalue weighted by Crippen LogP contribution is 2.23. The number of nitrogens with one attached hydrogen (secondary N) is 1. The Morgan fingerprint density at radius 3 is 2.41 bits per heavy atom. The molecule has 0 fully saturated rings. The molecule has 7 heteroatoms. The van der Waals surface area contributed by atoms with Crippen LogP contribution in [0.5, 0.6) is 0 Å². The maximum absolute atomic E-state index is 12.9. The van der Waals surface area contributed by atoms with E-state index in [-0.39, 0.29) is 17.7 Å². The maximum atomic E-state index is 12.9. The number of anilines is 1. The lowest BCUT2D eigenvalue weighted by Crippen LogP contribution is -2.23. The van der Waals surface area contributed by atoms with Crippen molar-refractivity contribution in [1.82, 2.24) is 19.7 Å². The zero-order valence-electron chi connectivity index (χ0n) is 17.1. The van der Waals surface area contributed by atoms with E-state index in [1.54, 1.807) is 48.2 Å². The van der Waals surface area contributed by atoms with Crippen LogP contribution >= 0.6 is 0 Å². The average Bonchev–Trinajstić information content (AvgIpc) is 3.15. The number of benzene rings is 1. The Labute approximate surface area is 170 Å². The van der Waals surface area contributed by atoms with E-state index in [9.17, 15) is 9.59 Å². The van der Waals surface area contributed by atoms with E-state index >= 15 is 0 Å². The first-order chi connectivity index (χ1) is 13.9. The number of nitrogens with zero attached hydrogens (tertiary/aromatic N) is 4. The fourth-order valence-electron chi connectivity index (χ4n) is 2.99. The third kappa shape index (κ3) is 4.68. The standard InChI is InChI=1S/C22H25N5O2/c1-15(2)21-18(14-24-27(21)19-7-5-6-12-23-19)22(29)25-17-10-8-16(9-11-17)13-20(28)26(3)4/h5-12,14-15H,13H2,1-4H3,(H,25,29). The van der Waals surface area contributed by atoms with Gasteiger partial charge in [-0.25, -0.2) is 9.67 Å². The van der Waals surface area contributed by atoms with Crippen LogP contribution < -0.4 is 5.32 Å². The molecule has 2 amide bonds. The molecule has 2 heterocycles. The average molecular weight is 391 g/mol. The second-order valence-electron chi connectivity index (χ2n) is 7.31. The van der Waals surface area contributed by atoms with Crippen molar-refractivity contribution in [1.29, 1.82) is 0 Å². The van der Waals surface area contributed by atoms with Crippen LogP contribution in [0.4, 0.5) is 5.69 Å². The molecule has 0 atom stereocenters. The predicted molar refractivity (Wildman–Crippen MR) is 112 cm³/mol. The number of rotatable bonds is 6. The molecule has 3 rings (SSSR count). The van der Waals surface area contributed by atoms with Gasteiger partial charge in [0.15, 0.2) is 5.82 Å². The van der Waals surface area contributed by atoms with E-state index in [2.05, 4.69) is 15.4 Å². The highest BCUT2D eigenvalue weighted by Gasteiger charge is 2.21. The Hall–Kier alpha value is -3.48. The molecule has 1 aromatic carbocycles. The normalized spacial score (nSPS) is 10.8. The molecule has 3 aromatic rings. The van der Waals surface area contributed by atoms with Gasteiger partial charge in [0.2, 0.25) is 5.91 Å². The Bertz CT molecular complexity index is 992. The molecular formula is C22H25N5O2. The van der Waals surface area contributed by atoms with E-state index in [0.717, 1.165) is 11.3 Å². The summed E-state index contributed by atoms with van der Waals surface area (Å²) < 4.78 is 1.70. The third-order valence-corrected chi connectivity index (χ3v) is 4.53. The minimum atomic E-state index is -0.229. The van der Waals surface area contributed by atoms with Gasteiger partial charge in [0.25, 0.3) is 5.91 Å². The molecule has 2 aromatic heterocycles. The third-order valence-electron chi connectivity index (χ3n) is 4.53. The number of likely N-dealkylation sites (N-methyl/N-ethyl adjacent to an activating group) is 1. The molecule has 0 aliphatic carbocycles. The molecule has 0 aliphatic rings. The minimum absolute atomic E-state index is 0.0327. The van der Waals surface area contributed by atoms with E-state index in [0.29, 0.717) is 23.5 Å². The van der Waals surface area contributed by atoms with E-state index < -0.39 is 0 Å². The molecule has 0 saturated heterocycles. The van der Waals surface area contributed by atoms with Crippen molar-refractivity contribution >= 4 is 17.5 Å². The van der Waals surface area contributed by atoms with E-state index in [1.165, 1.54) is 0 Å². The van der Waals surface area contributed by atoms with Gasteiger partial charge in [-0.1, -0.05) is 32.0 Å². The lowest BCUT2D eigenvalue weighted by molar-refractivity contribution is -0.127. The second kappa shape index (κ2) is 8.68. The van der Waals surface area contributed by atoms with Gasteiger partial charge in [0.1, 0.15) is 0 Å². The fraction of sp³-hybridized carbons (Fsp3) is 0.273. The van der Waals surface area contributed by atoms with Crippen molar-refractivity contribution in [3.63, 3.8) is 0 Å². The number of carbonyl (C=O) groups excluding carboxylic acids is 2. The highest BCUT2D eigenvalue weighted by atomic mass is 16.2. The summed E-state index contributed by atoms with van der Waals surface area (Å²) in [5, 5.41) is 7.30. The largest absolute Gasteiger partial charge is 0.349 e. The van der Waals surface area contributed by atoms with Crippen molar-refractivity contribution in [3.05, 3.63) is 71.7 Å². The summed E-state index contributed by atoms with van der Waals surface area (Å²) in [6, 6.07) is 12.9. The number of carbonyl (C=O) groups is 2. The summed E-state index contributed by atoms with van der Waals surface area (Å²) in [7, 11) is 3.46. The Balaban J connectivity index is 1.79. The van der Waals surface area contributed by atoms with Crippen LogP contribution in [0.2, 0.25) is 0 Å². The van der Waals surface area contributed by atoms with Crippen molar-refractivity contribution in [2.75, 3.05) is 19.4 Å². The zero-order chi connectivity index (χ0) is 21.0. The number of hydrogen-bond acceptors (Lipinski definition) is 4. The van der Waals surface area contributed by atoms with Gasteiger partial charge in [-0.3, -0.25) is 9.59 Å². The second-order valence-corrected chi connectivity index (χ2v) is 7.31. The molecule has 0 unspecified atom stereocenters. The summed E-state index contributed by atoms with van der Waals surface area (Å²) in [5.74, 6) is 0.558. The molecule has 1 N–H and O–H groups in total. The van der Waals surface area contributed by atoms with Gasteiger partial charge in [-0.2, -0.15) is 5.10 Å². The van der Waals surface area contributed by atoms with Gasteiger partial charge in [0.05, 0.1) is 23.9 Å². The van der Waals surface area contributed by atoms with Crippen molar-refractivity contribution in [3.8, 4) is 5.82 Å². The number of pyridine rings is 1. The van der Waals surface area contributed by atoms with Gasteiger partial charge < -0.3 is 10.2 Å². The molecule has 29 heavy (non-hydrogen) atoms. The zero-order valence-corrected chi connectivity index (χ0v) is 17.1. The lowest BCUT2D eigenvalue weighted by atomic mass is 10.0. The first-order valence-electron chi connectivity index (χ1n) is 9.46. The summed E-state index contributed by atoms with van der Waals surface area (Å²) in [6.45, 7) is 4.04. The molecule has 0 spiro atoms. The van der Waals surface area contributed by atoms with E-state index in [1.807, 2.05) is 44.2 Å². The molecule has 7 nitrogen and oxygen atoms in total.